The Morgan fingerprint density at radius 2 is 2.15 bits per heavy atom. The third-order valence-electron chi connectivity index (χ3n) is 2.76. The van der Waals surface area contributed by atoms with E-state index in [1.54, 1.807) is 24.6 Å². The summed E-state index contributed by atoms with van der Waals surface area (Å²) in [6.07, 6.45) is 0. The van der Waals surface area contributed by atoms with Crippen molar-refractivity contribution in [2.75, 3.05) is 0 Å². The molecule has 1 aromatic heterocycles. The van der Waals surface area contributed by atoms with Crippen LogP contribution in [0.15, 0.2) is 34.9 Å². The molecule has 104 valence electrons. The number of hydrogen-bond donors (Lipinski definition) is 3. The molecule has 0 unspecified atom stereocenters. The van der Waals surface area contributed by atoms with E-state index in [-0.39, 0.29) is 11.7 Å². The van der Waals surface area contributed by atoms with Gasteiger partial charge in [-0.05, 0) is 12.5 Å². The summed E-state index contributed by atoms with van der Waals surface area (Å²) in [5.74, 6) is -0.0774. The number of aryl methyl sites for hydroxylation is 1. The predicted molar refractivity (Wildman–Crippen MR) is 77.0 cm³/mol. The minimum Gasteiger partial charge on any atom is -0.409 e. The number of thiazole rings is 1. The van der Waals surface area contributed by atoms with Gasteiger partial charge in [-0.25, -0.2) is 4.98 Å². The van der Waals surface area contributed by atoms with E-state index in [1.165, 1.54) is 11.3 Å². The van der Waals surface area contributed by atoms with Crippen LogP contribution in [-0.4, -0.2) is 21.9 Å². The van der Waals surface area contributed by atoms with E-state index >= 15 is 0 Å². The summed E-state index contributed by atoms with van der Waals surface area (Å²) in [6.45, 7) is 2.21. The molecule has 0 radical (unpaired) electrons. The van der Waals surface area contributed by atoms with Crippen molar-refractivity contribution in [2.45, 2.75) is 13.5 Å². The molecular weight excluding hydrogens is 276 g/mol. The van der Waals surface area contributed by atoms with Gasteiger partial charge in [-0.3, -0.25) is 4.79 Å². The molecule has 2 rings (SSSR count). The summed E-state index contributed by atoms with van der Waals surface area (Å²) in [7, 11) is 0. The van der Waals surface area contributed by atoms with Gasteiger partial charge in [0.15, 0.2) is 5.84 Å². The maximum atomic E-state index is 11.9. The third-order valence-corrected chi connectivity index (χ3v) is 3.69. The van der Waals surface area contributed by atoms with Crippen molar-refractivity contribution in [1.82, 2.24) is 10.3 Å². The van der Waals surface area contributed by atoms with Gasteiger partial charge in [0, 0.05) is 12.1 Å². The van der Waals surface area contributed by atoms with Crippen molar-refractivity contribution in [3.63, 3.8) is 0 Å². The van der Waals surface area contributed by atoms with Crippen LogP contribution in [0, 0.1) is 6.92 Å². The number of oxime groups is 1. The standard InChI is InChI=1S/C13H14N4O2S/c1-8-11(20-7-16-8)13(18)15-6-9-2-4-10(5-3-9)12(14)17-19/h2-5,7,19H,6H2,1H3,(H2,14,17)(H,15,18). The number of nitrogens with zero attached hydrogens (tertiary/aromatic N) is 2. The van der Waals surface area contributed by atoms with Gasteiger partial charge in [0.2, 0.25) is 0 Å². The molecule has 2 aromatic rings. The Labute approximate surface area is 120 Å². The first kappa shape index (κ1) is 14.0. The number of amidine groups is 1. The number of benzene rings is 1. The Morgan fingerprint density at radius 3 is 2.70 bits per heavy atom. The van der Waals surface area contributed by atoms with E-state index in [2.05, 4.69) is 15.5 Å². The summed E-state index contributed by atoms with van der Waals surface area (Å²) in [5.41, 5.74) is 9.40. The molecule has 0 aliphatic heterocycles. The number of hydrogen-bond acceptors (Lipinski definition) is 5. The maximum Gasteiger partial charge on any atom is 0.263 e. The Morgan fingerprint density at radius 1 is 1.45 bits per heavy atom. The molecule has 0 fully saturated rings. The van der Waals surface area contributed by atoms with Gasteiger partial charge in [0.05, 0.1) is 11.2 Å². The first-order valence-electron chi connectivity index (χ1n) is 5.87. The number of nitrogens with one attached hydrogen (secondary N) is 1. The first-order valence-corrected chi connectivity index (χ1v) is 6.75. The van der Waals surface area contributed by atoms with Gasteiger partial charge < -0.3 is 16.3 Å². The van der Waals surface area contributed by atoms with E-state index in [9.17, 15) is 4.79 Å². The van der Waals surface area contributed by atoms with Crippen LogP contribution in [0.4, 0.5) is 0 Å². The molecule has 7 heteroatoms. The van der Waals surface area contributed by atoms with Crippen molar-refractivity contribution in [3.05, 3.63) is 51.5 Å². The van der Waals surface area contributed by atoms with Gasteiger partial charge in [0.25, 0.3) is 5.91 Å². The molecule has 0 spiro atoms. The minimum absolute atomic E-state index is 0.0564. The fraction of sp³-hybridized carbons (Fsp3) is 0.154. The second-order valence-electron chi connectivity index (χ2n) is 4.13. The second kappa shape index (κ2) is 6.16. The second-order valence-corrected chi connectivity index (χ2v) is 4.99. The van der Waals surface area contributed by atoms with E-state index in [4.69, 9.17) is 10.9 Å². The van der Waals surface area contributed by atoms with Gasteiger partial charge in [-0.2, -0.15) is 0 Å². The van der Waals surface area contributed by atoms with Crippen molar-refractivity contribution in [2.24, 2.45) is 10.9 Å². The summed E-state index contributed by atoms with van der Waals surface area (Å²) in [5, 5.41) is 14.3. The van der Waals surface area contributed by atoms with E-state index in [0.29, 0.717) is 17.0 Å². The van der Waals surface area contributed by atoms with Crippen LogP contribution in [-0.2, 0) is 6.54 Å². The van der Waals surface area contributed by atoms with Gasteiger partial charge >= 0.3 is 0 Å². The van der Waals surface area contributed by atoms with Gasteiger partial charge in [-0.1, -0.05) is 29.4 Å². The molecule has 0 bridgehead atoms. The predicted octanol–water partition coefficient (Wildman–Crippen LogP) is 1.48. The molecule has 6 nitrogen and oxygen atoms in total. The lowest BCUT2D eigenvalue weighted by Gasteiger charge is -2.05. The maximum absolute atomic E-state index is 11.9. The molecule has 4 N–H and O–H groups in total. The zero-order chi connectivity index (χ0) is 14.5. The molecule has 0 aliphatic carbocycles. The highest BCUT2D eigenvalue weighted by molar-refractivity contribution is 7.11. The average molecular weight is 290 g/mol. The van der Waals surface area contributed by atoms with Crippen LogP contribution in [0.25, 0.3) is 0 Å². The fourth-order valence-electron chi connectivity index (χ4n) is 1.63. The van der Waals surface area contributed by atoms with Gasteiger partial charge in [0.1, 0.15) is 4.88 Å². The highest BCUT2D eigenvalue weighted by Crippen LogP contribution is 2.12. The van der Waals surface area contributed by atoms with E-state index in [1.807, 2.05) is 12.1 Å². The molecule has 0 atom stereocenters. The van der Waals surface area contributed by atoms with Crippen LogP contribution < -0.4 is 11.1 Å². The normalized spacial score (nSPS) is 11.3. The van der Waals surface area contributed by atoms with E-state index in [0.717, 1.165) is 11.3 Å². The quantitative estimate of drug-likeness (QED) is 0.343. The summed E-state index contributed by atoms with van der Waals surface area (Å²) in [4.78, 5) is 16.6. The zero-order valence-electron chi connectivity index (χ0n) is 10.8. The molecule has 1 amide bonds. The number of amides is 1. The lowest BCUT2D eigenvalue weighted by molar-refractivity contribution is 0.0954. The molecule has 0 saturated carbocycles. The molecule has 20 heavy (non-hydrogen) atoms. The molecule has 1 aromatic carbocycles. The topological polar surface area (TPSA) is 101 Å². The fourth-order valence-corrected chi connectivity index (χ4v) is 2.35. The van der Waals surface area contributed by atoms with Crippen LogP contribution in [0.1, 0.15) is 26.5 Å². The Hall–Kier alpha value is -2.41. The third kappa shape index (κ3) is 3.12. The van der Waals surface area contributed by atoms with Crippen LogP contribution in [0.5, 0.6) is 0 Å². The van der Waals surface area contributed by atoms with Crippen LogP contribution in [0.2, 0.25) is 0 Å². The molecule has 1 heterocycles. The summed E-state index contributed by atoms with van der Waals surface area (Å²) < 4.78 is 0. The Kier molecular flexibility index (Phi) is 4.31. The largest absolute Gasteiger partial charge is 0.409 e. The summed E-state index contributed by atoms with van der Waals surface area (Å²) in [6, 6.07) is 7.09. The Balaban J connectivity index is 1.98. The number of carbonyl (C=O) groups excluding carboxylic acids is 1. The molecular formula is C13H14N4O2S. The van der Waals surface area contributed by atoms with Crippen molar-refractivity contribution < 1.29 is 10.0 Å². The monoisotopic (exact) mass is 290 g/mol. The van der Waals surface area contributed by atoms with Crippen molar-refractivity contribution >= 4 is 23.1 Å². The minimum atomic E-state index is -0.134. The lowest BCUT2D eigenvalue weighted by Crippen LogP contribution is -2.22. The van der Waals surface area contributed by atoms with E-state index < -0.39 is 0 Å². The number of aromatic nitrogens is 1. The van der Waals surface area contributed by atoms with Gasteiger partial charge in [-0.15, -0.1) is 11.3 Å². The highest BCUT2D eigenvalue weighted by atomic mass is 32.1. The number of carbonyl (C=O) groups is 1. The van der Waals surface area contributed by atoms with Crippen molar-refractivity contribution in [3.8, 4) is 0 Å². The number of nitrogens with two attached hydrogens (primary N) is 1. The van der Waals surface area contributed by atoms with Crippen LogP contribution >= 0.6 is 11.3 Å². The summed E-state index contributed by atoms with van der Waals surface area (Å²) >= 11 is 1.32. The zero-order valence-corrected chi connectivity index (χ0v) is 11.6. The smallest absolute Gasteiger partial charge is 0.263 e. The highest BCUT2D eigenvalue weighted by Gasteiger charge is 2.10. The molecule has 0 aliphatic rings. The lowest BCUT2D eigenvalue weighted by atomic mass is 10.1. The van der Waals surface area contributed by atoms with Crippen LogP contribution in [0.3, 0.4) is 0 Å². The number of rotatable bonds is 4. The average Bonchev–Trinajstić information content (AvgIpc) is 2.90. The Bertz CT molecular complexity index is 634. The SMILES string of the molecule is Cc1ncsc1C(=O)NCc1ccc(C(N)=NO)cc1. The van der Waals surface area contributed by atoms with Crippen molar-refractivity contribution in [1.29, 1.82) is 0 Å². The molecule has 0 saturated heterocycles. The first-order chi connectivity index (χ1) is 9.61.